The average molecular weight is 399 g/mol. The zero-order chi connectivity index (χ0) is 19.8. The first kappa shape index (κ1) is 19.4. The molecule has 0 spiro atoms. The second kappa shape index (κ2) is 7.31. The van der Waals surface area contributed by atoms with Gasteiger partial charge in [0.25, 0.3) is 10.0 Å². The van der Waals surface area contributed by atoms with Gasteiger partial charge in [0.1, 0.15) is 6.04 Å². The smallest absolute Gasteiger partial charge is 0.371 e. The van der Waals surface area contributed by atoms with Gasteiger partial charge in [-0.15, -0.1) is 0 Å². The van der Waals surface area contributed by atoms with Crippen molar-refractivity contribution in [1.82, 2.24) is 14.1 Å². The highest BCUT2D eigenvalue weighted by atomic mass is 32.2. The third kappa shape index (κ3) is 3.69. The van der Waals surface area contributed by atoms with Crippen molar-refractivity contribution in [2.75, 3.05) is 32.7 Å². The van der Waals surface area contributed by atoms with Crippen molar-refractivity contribution in [3.8, 4) is 0 Å². The first-order valence-electron chi connectivity index (χ1n) is 8.61. The molecule has 1 N–H and O–H groups in total. The highest BCUT2D eigenvalue weighted by Gasteiger charge is 2.43. The van der Waals surface area contributed by atoms with Crippen molar-refractivity contribution in [2.24, 2.45) is 0 Å². The van der Waals surface area contributed by atoms with Gasteiger partial charge in [-0.25, -0.2) is 13.2 Å². The Kier molecular flexibility index (Phi) is 5.24. The van der Waals surface area contributed by atoms with E-state index in [0.717, 1.165) is 16.4 Å². The number of carbonyl (C=O) groups excluding carboxylic acids is 2. The fourth-order valence-electron chi connectivity index (χ4n) is 3.42. The number of rotatable bonds is 4. The van der Waals surface area contributed by atoms with E-state index >= 15 is 0 Å². The minimum atomic E-state index is -4.12. The molecule has 2 aliphatic rings. The molecule has 11 heteroatoms. The molecule has 0 aromatic carbocycles. The zero-order valence-corrected chi connectivity index (χ0v) is 15.6. The SMILES string of the molecule is CC(=O)N1CCN(C(=O)C2CCCN2S(=O)(=O)c2ccc(C(=O)O)o2)CC1. The predicted molar refractivity (Wildman–Crippen MR) is 91.4 cm³/mol. The molecule has 0 radical (unpaired) electrons. The number of carboxylic acid groups (broad SMARTS) is 1. The Labute approximate surface area is 156 Å². The number of sulfonamides is 1. The van der Waals surface area contributed by atoms with Crippen LogP contribution in [0.25, 0.3) is 0 Å². The van der Waals surface area contributed by atoms with Crippen LogP contribution in [0.2, 0.25) is 0 Å². The molecule has 27 heavy (non-hydrogen) atoms. The van der Waals surface area contributed by atoms with E-state index in [9.17, 15) is 22.8 Å². The zero-order valence-electron chi connectivity index (χ0n) is 14.8. The highest BCUT2D eigenvalue weighted by molar-refractivity contribution is 7.89. The summed E-state index contributed by atoms with van der Waals surface area (Å²) in [5.74, 6) is -2.20. The lowest BCUT2D eigenvalue weighted by Gasteiger charge is -2.36. The Morgan fingerprint density at radius 1 is 1.07 bits per heavy atom. The highest BCUT2D eigenvalue weighted by Crippen LogP contribution is 2.28. The van der Waals surface area contributed by atoms with Crippen LogP contribution in [0.4, 0.5) is 0 Å². The Bertz CT molecular complexity index is 855. The van der Waals surface area contributed by atoms with Crippen LogP contribution in [0, 0.1) is 0 Å². The van der Waals surface area contributed by atoms with E-state index < -0.39 is 32.9 Å². The summed E-state index contributed by atoms with van der Waals surface area (Å²) in [7, 11) is -4.12. The van der Waals surface area contributed by atoms with E-state index in [2.05, 4.69) is 0 Å². The van der Waals surface area contributed by atoms with E-state index in [1.165, 1.54) is 6.92 Å². The van der Waals surface area contributed by atoms with Gasteiger partial charge in [-0.1, -0.05) is 0 Å². The molecule has 2 aliphatic heterocycles. The molecule has 148 valence electrons. The molecule has 3 heterocycles. The summed E-state index contributed by atoms with van der Waals surface area (Å²) >= 11 is 0. The van der Waals surface area contributed by atoms with Crippen molar-refractivity contribution >= 4 is 27.8 Å². The standard InChI is InChI=1S/C16H21N3O7S/c1-11(20)17-7-9-18(10-8-17)15(21)12-3-2-6-19(12)27(24,25)14-5-4-13(26-14)16(22)23/h4-5,12H,2-3,6-10H2,1H3,(H,22,23). The molecule has 0 bridgehead atoms. The van der Waals surface area contributed by atoms with Crippen LogP contribution >= 0.6 is 0 Å². The van der Waals surface area contributed by atoms with Gasteiger partial charge in [-0.3, -0.25) is 9.59 Å². The van der Waals surface area contributed by atoms with Crippen LogP contribution in [0.1, 0.15) is 30.3 Å². The van der Waals surface area contributed by atoms with Crippen LogP contribution in [0.15, 0.2) is 21.6 Å². The second-order valence-corrected chi connectivity index (χ2v) is 8.35. The van der Waals surface area contributed by atoms with Gasteiger partial charge in [0.2, 0.25) is 22.7 Å². The van der Waals surface area contributed by atoms with Crippen LogP contribution in [-0.2, 0) is 19.6 Å². The van der Waals surface area contributed by atoms with E-state index in [1.807, 2.05) is 0 Å². The van der Waals surface area contributed by atoms with Gasteiger partial charge in [0.15, 0.2) is 0 Å². The summed E-state index contributed by atoms with van der Waals surface area (Å²) in [6, 6.07) is 1.31. The molecule has 1 aromatic rings. The fraction of sp³-hybridized carbons (Fsp3) is 0.562. The van der Waals surface area contributed by atoms with Crippen molar-refractivity contribution in [3.05, 3.63) is 17.9 Å². The number of carboxylic acids is 1. The van der Waals surface area contributed by atoms with E-state index in [-0.39, 0.29) is 18.4 Å². The molecular formula is C16H21N3O7S. The van der Waals surface area contributed by atoms with Gasteiger partial charge in [0.05, 0.1) is 0 Å². The maximum Gasteiger partial charge on any atom is 0.371 e. The lowest BCUT2D eigenvalue weighted by Crippen LogP contribution is -2.55. The second-order valence-electron chi connectivity index (χ2n) is 6.53. The van der Waals surface area contributed by atoms with Crippen LogP contribution in [0.3, 0.4) is 0 Å². The molecule has 1 aromatic heterocycles. The fourth-order valence-corrected chi connectivity index (χ4v) is 4.98. The first-order chi connectivity index (χ1) is 12.7. The largest absolute Gasteiger partial charge is 0.475 e. The lowest BCUT2D eigenvalue weighted by molar-refractivity contribution is -0.140. The summed E-state index contributed by atoms with van der Waals surface area (Å²) < 4.78 is 31.7. The first-order valence-corrected chi connectivity index (χ1v) is 10.0. The average Bonchev–Trinajstić information content (AvgIpc) is 3.31. The molecule has 1 atom stereocenters. The summed E-state index contributed by atoms with van der Waals surface area (Å²) in [6.45, 7) is 3.17. The van der Waals surface area contributed by atoms with E-state index in [4.69, 9.17) is 9.52 Å². The molecule has 2 fully saturated rings. The van der Waals surface area contributed by atoms with E-state index in [0.29, 0.717) is 39.0 Å². The Morgan fingerprint density at radius 3 is 2.26 bits per heavy atom. The summed E-state index contributed by atoms with van der Waals surface area (Å²) in [5, 5.41) is 8.42. The van der Waals surface area contributed by atoms with Crippen LogP contribution in [0.5, 0.6) is 0 Å². The third-order valence-electron chi connectivity index (χ3n) is 4.88. The van der Waals surface area contributed by atoms with Gasteiger partial charge < -0.3 is 19.3 Å². The van der Waals surface area contributed by atoms with Crippen molar-refractivity contribution in [2.45, 2.75) is 30.9 Å². The summed E-state index contributed by atoms with van der Waals surface area (Å²) in [5.41, 5.74) is 0. The lowest BCUT2D eigenvalue weighted by atomic mass is 10.2. The molecule has 2 amide bonds. The molecule has 3 rings (SSSR count). The number of amides is 2. The normalized spacial score (nSPS) is 21.4. The maximum atomic E-state index is 12.9. The van der Waals surface area contributed by atoms with Gasteiger partial charge in [0, 0.05) is 39.6 Å². The Hall–Kier alpha value is -2.40. The minimum Gasteiger partial charge on any atom is -0.475 e. The Balaban J connectivity index is 1.75. The maximum absolute atomic E-state index is 12.9. The summed E-state index contributed by atoms with van der Waals surface area (Å²) in [6.07, 6.45) is 0.910. The molecule has 10 nitrogen and oxygen atoms in total. The molecule has 0 saturated carbocycles. The predicted octanol–water partition coefficient (Wildman–Crippen LogP) is -0.178. The molecular weight excluding hydrogens is 378 g/mol. The van der Waals surface area contributed by atoms with Crippen LogP contribution in [-0.4, -0.2) is 84.2 Å². The quantitative estimate of drug-likeness (QED) is 0.744. The van der Waals surface area contributed by atoms with Crippen molar-refractivity contribution in [3.63, 3.8) is 0 Å². The summed E-state index contributed by atoms with van der Waals surface area (Å²) in [4.78, 5) is 38.4. The number of carbonyl (C=O) groups is 3. The number of nitrogens with zero attached hydrogens (tertiary/aromatic N) is 3. The number of hydrogen-bond acceptors (Lipinski definition) is 6. The van der Waals surface area contributed by atoms with Gasteiger partial charge in [-0.2, -0.15) is 4.31 Å². The number of piperazine rings is 1. The molecule has 0 aliphatic carbocycles. The molecule has 1 unspecified atom stereocenters. The minimum absolute atomic E-state index is 0.0563. The Morgan fingerprint density at radius 2 is 1.70 bits per heavy atom. The van der Waals surface area contributed by atoms with Gasteiger partial charge >= 0.3 is 5.97 Å². The van der Waals surface area contributed by atoms with Gasteiger partial charge in [-0.05, 0) is 25.0 Å². The third-order valence-corrected chi connectivity index (χ3v) is 6.66. The van der Waals surface area contributed by atoms with Crippen molar-refractivity contribution < 1.29 is 32.3 Å². The number of furan rings is 1. The topological polar surface area (TPSA) is 128 Å². The molecule has 2 saturated heterocycles. The van der Waals surface area contributed by atoms with E-state index in [1.54, 1.807) is 9.80 Å². The monoisotopic (exact) mass is 399 g/mol. The van der Waals surface area contributed by atoms with Crippen molar-refractivity contribution in [1.29, 1.82) is 0 Å². The van der Waals surface area contributed by atoms with Crippen LogP contribution < -0.4 is 0 Å². The number of aromatic carboxylic acids is 1. The number of hydrogen-bond donors (Lipinski definition) is 1.